The van der Waals surface area contributed by atoms with Gasteiger partial charge < -0.3 is 14.9 Å². The molecule has 2 aromatic rings. The summed E-state index contributed by atoms with van der Waals surface area (Å²) in [7, 11) is 2.12. The predicted molar refractivity (Wildman–Crippen MR) is 113 cm³/mol. The monoisotopic (exact) mass is 376 g/mol. The number of hydrogen-bond donors (Lipinski definition) is 1. The summed E-state index contributed by atoms with van der Waals surface area (Å²) in [5.41, 5.74) is 3.35. The van der Waals surface area contributed by atoms with E-state index in [-0.39, 0.29) is 5.78 Å². The van der Waals surface area contributed by atoms with Crippen molar-refractivity contribution in [2.45, 2.75) is 0 Å². The highest BCUT2D eigenvalue weighted by Crippen LogP contribution is 2.19. The highest BCUT2D eigenvalue weighted by Gasteiger charge is 2.15. The van der Waals surface area contributed by atoms with Crippen LogP contribution in [0.3, 0.4) is 0 Å². The zero-order valence-corrected chi connectivity index (χ0v) is 15.9. The van der Waals surface area contributed by atoms with E-state index in [0.29, 0.717) is 5.56 Å². The average molecular weight is 376 g/mol. The Labute approximate surface area is 165 Å². The van der Waals surface area contributed by atoms with Crippen molar-refractivity contribution in [3.05, 3.63) is 77.4 Å². The molecule has 0 amide bonds. The standard InChI is InChI=1S/C23H24N2O3/c1-24-12-14-25(15-13-24)21-7-3-6-20(17-21)22(26)10-8-18-4-2-5-19(16-18)9-11-23(27)28/h2-11,16-17H,12-15H2,1H3,(H,27,28). The van der Waals surface area contributed by atoms with Crippen LogP contribution in [0, 0.1) is 0 Å². The SMILES string of the molecule is CN1CCN(c2cccc(C(=O)C=Cc3cccc(C=CC(=O)O)c3)c2)CC1. The second-order valence-electron chi connectivity index (χ2n) is 6.88. The van der Waals surface area contributed by atoms with Gasteiger partial charge in [-0.3, -0.25) is 4.79 Å². The van der Waals surface area contributed by atoms with Gasteiger partial charge in [-0.2, -0.15) is 0 Å². The summed E-state index contributed by atoms with van der Waals surface area (Å²) in [5.74, 6) is -1.04. The Kier molecular flexibility index (Phi) is 6.40. The van der Waals surface area contributed by atoms with E-state index >= 15 is 0 Å². The van der Waals surface area contributed by atoms with Crippen LogP contribution in [-0.2, 0) is 4.79 Å². The van der Waals surface area contributed by atoms with Crippen LogP contribution < -0.4 is 4.90 Å². The summed E-state index contributed by atoms with van der Waals surface area (Å²) in [6.45, 7) is 3.96. The van der Waals surface area contributed by atoms with Gasteiger partial charge in [-0.15, -0.1) is 0 Å². The Morgan fingerprint density at radius 2 is 1.54 bits per heavy atom. The highest BCUT2D eigenvalue weighted by atomic mass is 16.4. The Bertz CT molecular complexity index is 910. The summed E-state index contributed by atoms with van der Waals surface area (Å²) in [6.07, 6.45) is 5.94. The van der Waals surface area contributed by atoms with Crippen molar-refractivity contribution in [1.29, 1.82) is 0 Å². The number of carbonyl (C=O) groups is 2. The Balaban J connectivity index is 1.70. The third-order valence-corrected chi connectivity index (χ3v) is 4.76. The van der Waals surface area contributed by atoms with Crippen LogP contribution in [0.2, 0.25) is 0 Å². The maximum atomic E-state index is 12.6. The fraction of sp³-hybridized carbons (Fsp3) is 0.217. The second kappa shape index (κ2) is 9.15. The molecule has 144 valence electrons. The first-order valence-corrected chi connectivity index (χ1v) is 9.28. The molecule has 2 aromatic carbocycles. The van der Waals surface area contributed by atoms with Gasteiger partial charge in [0.05, 0.1) is 0 Å². The normalized spacial score (nSPS) is 15.4. The van der Waals surface area contributed by atoms with Gasteiger partial charge in [-0.25, -0.2) is 4.79 Å². The van der Waals surface area contributed by atoms with Crippen molar-refractivity contribution in [2.75, 3.05) is 38.1 Å². The van der Waals surface area contributed by atoms with Crippen LogP contribution in [0.4, 0.5) is 5.69 Å². The number of likely N-dealkylation sites (N-methyl/N-ethyl adjacent to an activating group) is 1. The smallest absolute Gasteiger partial charge is 0.328 e. The molecule has 0 saturated carbocycles. The third kappa shape index (κ3) is 5.41. The van der Waals surface area contributed by atoms with Gasteiger partial charge in [0, 0.05) is 43.5 Å². The van der Waals surface area contributed by atoms with Crippen molar-refractivity contribution in [3.63, 3.8) is 0 Å². The quantitative estimate of drug-likeness (QED) is 0.618. The Morgan fingerprint density at radius 1 is 0.893 bits per heavy atom. The molecule has 1 aliphatic heterocycles. The molecule has 0 spiro atoms. The molecule has 0 aromatic heterocycles. The summed E-state index contributed by atoms with van der Waals surface area (Å²) in [6, 6.07) is 15.1. The average Bonchev–Trinajstić information content (AvgIpc) is 2.71. The molecule has 0 aliphatic carbocycles. The number of rotatable bonds is 6. The number of carbonyl (C=O) groups excluding carboxylic acids is 1. The molecule has 28 heavy (non-hydrogen) atoms. The fourth-order valence-corrected chi connectivity index (χ4v) is 3.12. The minimum absolute atomic E-state index is 0.0533. The van der Waals surface area contributed by atoms with Crippen molar-refractivity contribution in [2.24, 2.45) is 0 Å². The molecule has 0 atom stereocenters. The van der Waals surface area contributed by atoms with Gasteiger partial charge in [0.1, 0.15) is 0 Å². The van der Waals surface area contributed by atoms with Crippen LogP contribution in [0.1, 0.15) is 21.5 Å². The Morgan fingerprint density at radius 3 is 2.21 bits per heavy atom. The van der Waals surface area contributed by atoms with Crippen molar-refractivity contribution in [1.82, 2.24) is 4.90 Å². The Hall–Kier alpha value is -3.18. The number of piperazine rings is 1. The number of hydrogen-bond acceptors (Lipinski definition) is 4. The first-order valence-electron chi connectivity index (χ1n) is 9.28. The largest absolute Gasteiger partial charge is 0.478 e. The first-order chi connectivity index (χ1) is 13.5. The van der Waals surface area contributed by atoms with E-state index in [9.17, 15) is 9.59 Å². The van der Waals surface area contributed by atoms with Crippen molar-refractivity contribution < 1.29 is 14.7 Å². The predicted octanol–water partition coefficient (Wildman–Crippen LogP) is 3.43. The van der Waals surface area contributed by atoms with E-state index in [1.165, 1.54) is 6.08 Å². The lowest BCUT2D eigenvalue weighted by atomic mass is 10.1. The number of carboxylic acids is 1. The maximum absolute atomic E-state index is 12.6. The lowest BCUT2D eigenvalue weighted by molar-refractivity contribution is -0.131. The molecule has 1 heterocycles. The van der Waals surface area contributed by atoms with E-state index in [2.05, 4.69) is 16.8 Å². The van der Waals surface area contributed by atoms with Gasteiger partial charge >= 0.3 is 5.97 Å². The molecule has 0 radical (unpaired) electrons. The topological polar surface area (TPSA) is 60.9 Å². The zero-order chi connectivity index (χ0) is 19.9. The number of carboxylic acid groups (broad SMARTS) is 1. The van der Waals surface area contributed by atoms with E-state index in [1.54, 1.807) is 12.2 Å². The summed E-state index contributed by atoms with van der Waals surface area (Å²) in [4.78, 5) is 27.8. The van der Waals surface area contributed by atoms with Gasteiger partial charge in [-0.1, -0.05) is 36.4 Å². The molecule has 1 fully saturated rings. The van der Waals surface area contributed by atoms with Crippen LogP contribution in [0.15, 0.2) is 60.7 Å². The number of aliphatic carboxylic acids is 1. The second-order valence-corrected chi connectivity index (χ2v) is 6.88. The van der Waals surface area contributed by atoms with Gasteiger partial charge in [0.2, 0.25) is 0 Å². The van der Waals surface area contributed by atoms with Crippen LogP contribution in [0.25, 0.3) is 12.2 Å². The van der Waals surface area contributed by atoms with E-state index in [4.69, 9.17) is 5.11 Å². The molecule has 0 unspecified atom stereocenters. The lowest BCUT2D eigenvalue weighted by Crippen LogP contribution is -2.44. The molecular formula is C23H24N2O3. The number of benzene rings is 2. The molecule has 5 heteroatoms. The number of nitrogens with zero attached hydrogens (tertiary/aromatic N) is 2. The molecule has 1 saturated heterocycles. The molecule has 1 N–H and O–H groups in total. The van der Waals surface area contributed by atoms with E-state index in [0.717, 1.165) is 49.1 Å². The fourth-order valence-electron chi connectivity index (χ4n) is 3.12. The van der Waals surface area contributed by atoms with Crippen molar-refractivity contribution in [3.8, 4) is 0 Å². The first kappa shape index (κ1) is 19.6. The van der Waals surface area contributed by atoms with Gasteiger partial charge in [0.25, 0.3) is 0 Å². The van der Waals surface area contributed by atoms with Crippen LogP contribution in [-0.4, -0.2) is 55.0 Å². The number of anilines is 1. The van der Waals surface area contributed by atoms with Gasteiger partial charge in [-0.05, 0) is 48.5 Å². The van der Waals surface area contributed by atoms with Crippen LogP contribution in [0.5, 0.6) is 0 Å². The summed E-state index contributed by atoms with van der Waals surface area (Å²) >= 11 is 0. The summed E-state index contributed by atoms with van der Waals surface area (Å²) < 4.78 is 0. The number of ketones is 1. The molecule has 5 nitrogen and oxygen atoms in total. The van der Waals surface area contributed by atoms with Crippen LogP contribution >= 0.6 is 0 Å². The minimum Gasteiger partial charge on any atom is -0.478 e. The van der Waals surface area contributed by atoms with E-state index in [1.807, 2.05) is 48.5 Å². The lowest BCUT2D eigenvalue weighted by Gasteiger charge is -2.34. The van der Waals surface area contributed by atoms with E-state index < -0.39 is 5.97 Å². The molecular weight excluding hydrogens is 352 g/mol. The maximum Gasteiger partial charge on any atom is 0.328 e. The molecule has 1 aliphatic rings. The third-order valence-electron chi connectivity index (χ3n) is 4.76. The number of allylic oxidation sites excluding steroid dienone is 1. The molecule has 3 rings (SSSR count). The highest BCUT2D eigenvalue weighted by molar-refractivity contribution is 6.07. The van der Waals surface area contributed by atoms with Crippen molar-refractivity contribution >= 4 is 29.6 Å². The van der Waals surface area contributed by atoms with Gasteiger partial charge in [0.15, 0.2) is 5.78 Å². The minimum atomic E-state index is -0.989. The molecule has 0 bridgehead atoms. The zero-order valence-electron chi connectivity index (χ0n) is 15.9. The summed E-state index contributed by atoms with van der Waals surface area (Å²) in [5, 5.41) is 8.72.